The van der Waals surface area contributed by atoms with Gasteiger partial charge in [-0.15, -0.1) is 0 Å². The van der Waals surface area contributed by atoms with Crippen molar-refractivity contribution in [3.05, 3.63) is 29.2 Å². The summed E-state index contributed by atoms with van der Waals surface area (Å²) in [5.41, 5.74) is 0.441. The summed E-state index contributed by atoms with van der Waals surface area (Å²) in [6, 6.07) is 2.81. The van der Waals surface area contributed by atoms with Gasteiger partial charge in [-0.1, -0.05) is 11.6 Å². The Bertz CT molecular complexity index is 538. The van der Waals surface area contributed by atoms with Crippen molar-refractivity contribution in [3.8, 4) is 0 Å². The molecule has 0 unspecified atom stereocenters. The molecule has 0 radical (unpaired) electrons. The minimum atomic E-state index is -1.22. The first-order valence-electron chi connectivity index (χ1n) is 4.04. The summed E-state index contributed by atoms with van der Waals surface area (Å²) < 4.78 is 13.4. The van der Waals surface area contributed by atoms with Crippen LogP contribution < -0.4 is 5.32 Å². The second kappa shape index (κ2) is 3.43. The highest BCUT2D eigenvalue weighted by molar-refractivity contribution is 6.32. The number of rotatable bonds is 1. The number of amides is 1. The zero-order valence-electron chi connectivity index (χ0n) is 7.34. The first kappa shape index (κ1) is 9.79. The smallest absolute Gasteiger partial charge is 0.409 e. The van der Waals surface area contributed by atoms with E-state index < -0.39 is 11.9 Å². The number of halogens is 2. The predicted molar refractivity (Wildman–Crippen MR) is 54.9 cm³/mol. The number of H-pyrrole nitrogens is 1. The average molecular weight is 229 g/mol. The zero-order valence-corrected chi connectivity index (χ0v) is 8.10. The van der Waals surface area contributed by atoms with Crippen molar-refractivity contribution in [2.75, 3.05) is 5.32 Å². The lowest BCUT2D eigenvalue weighted by atomic mass is 10.2. The van der Waals surface area contributed by atoms with Crippen molar-refractivity contribution >= 4 is 34.3 Å². The van der Waals surface area contributed by atoms with Crippen molar-refractivity contribution in [3.63, 3.8) is 0 Å². The number of hydrogen-bond acceptors (Lipinski definition) is 1. The number of fused-ring (bicyclic) bond motifs is 1. The summed E-state index contributed by atoms with van der Waals surface area (Å²) in [6.45, 7) is 0. The van der Waals surface area contributed by atoms with E-state index in [1.54, 1.807) is 6.07 Å². The van der Waals surface area contributed by atoms with Crippen LogP contribution in [0.1, 0.15) is 0 Å². The molecule has 2 aromatic rings. The van der Waals surface area contributed by atoms with Gasteiger partial charge in [-0.3, -0.25) is 5.32 Å². The second-order valence-electron chi connectivity index (χ2n) is 2.92. The number of carboxylic acid groups (broad SMARTS) is 1. The third-order valence-electron chi connectivity index (χ3n) is 1.98. The second-order valence-corrected chi connectivity index (χ2v) is 3.32. The highest BCUT2D eigenvalue weighted by Gasteiger charge is 2.12. The molecule has 2 rings (SSSR count). The molecule has 1 aromatic carbocycles. The molecule has 1 amide bonds. The summed E-state index contributed by atoms with van der Waals surface area (Å²) in [5, 5.41) is 11.0. The van der Waals surface area contributed by atoms with Gasteiger partial charge in [0.25, 0.3) is 0 Å². The molecule has 0 aliphatic rings. The largest absolute Gasteiger partial charge is 0.465 e. The Hall–Kier alpha value is -1.75. The van der Waals surface area contributed by atoms with Gasteiger partial charge in [-0.2, -0.15) is 0 Å². The van der Waals surface area contributed by atoms with E-state index in [2.05, 4.69) is 10.3 Å². The Balaban J connectivity index is 2.68. The van der Waals surface area contributed by atoms with E-state index in [9.17, 15) is 9.18 Å². The SMILES string of the molecule is O=C(O)Nc1cc(Cl)c(F)c2[nH]ccc12. The first-order valence-corrected chi connectivity index (χ1v) is 4.42. The van der Waals surface area contributed by atoms with Gasteiger partial charge in [0.2, 0.25) is 0 Å². The van der Waals surface area contributed by atoms with E-state index in [0.29, 0.717) is 5.39 Å². The fourth-order valence-corrected chi connectivity index (χ4v) is 1.58. The lowest BCUT2D eigenvalue weighted by molar-refractivity contribution is 0.210. The molecule has 1 aromatic heterocycles. The maximum absolute atomic E-state index is 13.4. The fraction of sp³-hybridized carbons (Fsp3) is 0. The Kier molecular flexibility index (Phi) is 2.24. The van der Waals surface area contributed by atoms with E-state index in [4.69, 9.17) is 16.7 Å². The topological polar surface area (TPSA) is 65.1 Å². The van der Waals surface area contributed by atoms with E-state index in [1.165, 1.54) is 12.3 Å². The molecule has 0 atom stereocenters. The lowest BCUT2D eigenvalue weighted by Gasteiger charge is -2.04. The normalized spacial score (nSPS) is 10.5. The maximum Gasteiger partial charge on any atom is 0.409 e. The molecule has 1 heterocycles. The average Bonchev–Trinajstić information content (AvgIpc) is 2.61. The van der Waals surface area contributed by atoms with Gasteiger partial charge in [0, 0.05) is 11.6 Å². The molecule has 6 heteroatoms. The van der Waals surface area contributed by atoms with Crippen molar-refractivity contribution < 1.29 is 14.3 Å². The van der Waals surface area contributed by atoms with E-state index in [0.717, 1.165) is 0 Å². The lowest BCUT2D eigenvalue weighted by Crippen LogP contribution is -2.07. The number of carbonyl (C=O) groups is 1. The number of benzene rings is 1. The van der Waals surface area contributed by atoms with Crippen LogP contribution in [0.2, 0.25) is 5.02 Å². The van der Waals surface area contributed by atoms with Crippen molar-refractivity contribution in [1.29, 1.82) is 0 Å². The van der Waals surface area contributed by atoms with Crippen LogP contribution in [0.4, 0.5) is 14.9 Å². The Labute approximate surface area is 88.7 Å². The molecular formula is C9H6ClFN2O2. The van der Waals surface area contributed by atoms with Crippen LogP contribution in [0.3, 0.4) is 0 Å². The van der Waals surface area contributed by atoms with Crippen molar-refractivity contribution in [1.82, 2.24) is 4.98 Å². The number of hydrogen-bond donors (Lipinski definition) is 3. The van der Waals surface area contributed by atoms with Crippen molar-refractivity contribution in [2.45, 2.75) is 0 Å². The third-order valence-corrected chi connectivity index (χ3v) is 2.25. The molecular weight excluding hydrogens is 223 g/mol. The summed E-state index contributed by atoms with van der Waals surface area (Å²) in [5.74, 6) is -0.590. The highest BCUT2D eigenvalue weighted by Crippen LogP contribution is 2.30. The molecule has 78 valence electrons. The number of nitrogens with one attached hydrogen (secondary N) is 2. The van der Waals surface area contributed by atoms with Crippen LogP contribution in [0.5, 0.6) is 0 Å². The molecule has 0 saturated heterocycles. The van der Waals surface area contributed by atoms with Gasteiger partial charge in [-0.25, -0.2) is 9.18 Å². The van der Waals surface area contributed by atoms with Crippen molar-refractivity contribution in [2.24, 2.45) is 0 Å². The van der Waals surface area contributed by atoms with Crippen LogP contribution in [0.25, 0.3) is 10.9 Å². The molecule has 15 heavy (non-hydrogen) atoms. The van der Waals surface area contributed by atoms with Crippen LogP contribution in [-0.2, 0) is 0 Å². The zero-order chi connectivity index (χ0) is 11.0. The van der Waals surface area contributed by atoms with Gasteiger partial charge < -0.3 is 10.1 Å². The number of aromatic nitrogens is 1. The Morgan fingerprint density at radius 3 is 3.00 bits per heavy atom. The molecule has 0 aliphatic heterocycles. The summed E-state index contributed by atoms with van der Waals surface area (Å²) in [7, 11) is 0. The van der Waals surface area contributed by atoms with Gasteiger partial charge in [-0.05, 0) is 12.1 Å². The summed E-state index contributed by atoms with van der Waals surface area (Å²) in [4.78, 5) is 13.1. The predicted octanol–water partition coefficient (Wildman–Crippen LogP) is 3.05. The minimum absolute atomic E-state index is 0.131. The third kappa shape index (κ3) is 1.61. The molecule has 0 fully saturated rings. The monoisotopic (exact) mass is 228 g/mol. The molecule has 4 nitrogen and oxygen atoms in total. The fourth-order valence-electron chi connectivity index (χ4n) is 1.38. The van der Waals surface area contributed by atoms with Gasteiger partial charge >= 0.3 is 6.09 Å². The van der Waals surface area contributed by atoms with Crippen LogP contribution in [0.15, 0.2) is 18.3 Å². The Morgan fingerprint density at radius 2 is 2.33 bits per heavy atom. The van der Waals surface area contributed by atoms with Gasteiger partial charge in [0.05, 0.1) is 16.2 Å². The van der Waals surface area contributed by atoms with Crippen LogP contribution >= 0.6 is 11.6 Å². The number of aromatic amines is 1. The van der Waals surface area contributed by atoms with E-state index in [1.807, 2.05) is 0 Å². The summed E-state index contributed by atoms with van der Waals surface area (Å²) in [6.07, 6.45) is 0.289. The molecule has 0 spiro atoms. The van der Waals surface area contributed by atoms with Gasteiger partial charge in [0.15, 0.2) is 5.82 Å². The Morgan fingerprint density at radius 1 is 1.60 bits per heavy atom. The molecule has 0 saturated carbocycles. The highest BCUT2D eigenvalue weighted by atomic mass is 35.5. The van der Waals surface area contributed by atoms with Crippen LogP contribution in [0, 0.1) is 5.82 Å². The van der Waals surface area contributed by atoms with E-state index >= 15 is 0 Å². The van der Waals surface area contributed by atoms with Crippen LogP contribution in [-0.4, -0.2) is 16.2 Å². The maximum atomic E-state index is 13.4. The minimum Gasteiger partial charge on any atom is -0.465 e. The molecule has 0 bridgehead atoms. The molecule has 3 N–H and O–H groups in total. The quantitative estimate of drug-likeness (QED) is 0.702. The summed E-state index contributed by atoms with van der Waals surface area (Å²) >= 11 is 5.61. The standard InChI is InChI=1S/C9H6ClFN2O2/c10-5-3-6(13-9(14)15)4-1-2-12-8(4)7(5)11/h1-3,12-13H,(H,14,15). The first-order chi connectivity index (χ1) is 7.09. The molecule has 0 aliphatic carbocycles. The van der Waals surface area contributed by atoms with Gasteiger partial charge in [0.1, 0.15) is 0 Å². The van der Waals surface area contributed by atoms with E-state index in [-0.39, 0.29) is 16.2 Å². The number of anilines is 1.